The minimum Gasteiger partial charge on any atom is -0.480 e. The van der Waals surface area contributed by atoms with Crippen molar-refractivity contribution in [1.82, 2.24) is 29.2 Å². The van der Waals surface area contributed by atoms with Crippen molar-refractivity contribution in [3.63, 3.8) is 0 Å². The molecular formula is C29H32N8O3. The molecule has 0 atom stereocenters. The Labute approximate surface area is 231 Å². The number of fused-ring (bicyclic) bond motifs is 3. The molecule has 0 aliphatic carbocycles. The molecule has 11 heteroatoms. The molecule has 11 nitrogen and oxygen atoms in total. The van der Waals surface area contributed by atoms with Crippen molar-refractivity contribution in [3.05, 3.63) is 70.7 Å². The van der Waals surface area contributed by atoms with Gasteiger partial charge in [-0.1, -0.05) is 26.0 Å². The van der Waals surface area contributed by atoms with Crippen molar-refractivity contribution in [3.8, 4) is 11.6 Å². The highest BCUT2D eigenvalue weighted by Gasteiger charge is 2.30. The summed E-state index contributed by atoms with van der Waals surface area (Å²) < 4.78 is 8.73. The molecule has 1 N–H and O–H groups in total. The van der Waals surface area contributed by atoms with E-state index in [1.807, 2.05) is 13.0 Å². The zero-order valence-corrected chi connectivity index (χ0v) is 23.1. The van der Waals surface area contributed by atoms with Crippen LogP contribution in [0.4, 0.5) is 17.5 Å². The van der Waals surface area contributed by atoms with Crippen LogP contribution in [-0.4, -0.2) is 61.9 Å². The predicted molar refractivity (Wildman–Crippen MR) is 154 cm³/mol. The average Bonchev–Trinajstić information content (AvgIpc) is 3.18. The van der Waals surface area contributed by atoms with Crippen LogP contribution < -0.4 is 20.5 Å². The van der Waals surface area contributed by atoms with Crippen LogP contribution >= 0.6 is 0 Å². The minimum atomic E-state index is -0.264. The van der Waals surface area contributed by atoms with Gasteiger partial charge in [0.05, 0.1) is 6.54 Å². The van der Waals surface area contributed by atoms with Gasteiger partial charge in [0.25, 0.3) is 11.5 Å². The standard InChI is InChI=1S/C29H32N8O3/c1-6-12-36-27(39)20-14-30-28(31-19-8-9-21-18(13-19)15-34(5)17-29(21,3)4)33-25(20)37(36)23-11-10-22-26(32-23)35(7-2)24(38)16-40-22/h6,8-11,13-14H,1,7,12,15-17H2,2-5H3,(H,30,31,33). The van der Waals surface area contributed by atoms with Gasteiger partial charge < -0.3 is 15.0 Å². The summed E-state index contributed by atoms with van der Waals surface area (Å²) in [5.41, 5.74) is 3.65. The van der Waals surface area contributed by atoms with Gasteiger partial charge in [-0.05, 0) is 49.4 Å². The number of hydrogen-bond donors (Lipinski definition) is 1. The summed E-state index contributed by atoms with van der Waals surface area (Å²) in [6.45, 7) is 12.7. The third kappa shape index (κ3) is 4.22. The smallest absolute Gasteiger partial charge is 0.278 e. The van der Waals surface area contributed by atoms with E-state index in [1.54, 1.807) is 27.8 Å². The summed E-state index contributed by atoms with van der Waals surface area (Å²) in [5, 5.41) is 3.67. The maximum absolute atomic E-state index is 13.4. The molecule has 0 saturated heterocycles. The predicted octanol–water partition coefficient (Wildman–Crippen LogP) is 3.38. The van der Waals surface area contributed by atoms with Gasteiger partial charge in [0.1, 0.15) is 5.39 Å². The van der Waals surface area contributed by atoms with Crippen LogP contribution in [0.1, 0.15) is 31.9 Å². The number of carbonyl (C=O) groups is 1. The van der Waals surface area contributed by atoms with E-state index in [2.05, 4.69) is 54.8 Å². The van der Waals surface area contributed by atoms with Gasteiger partial charge in [0, 0.05) is 36.9 Å². The third-order valence-electron chi connectivity index (χ3n) is 7.44. The van der Waals surface area contributed by atoms with Gasteiger partial charge >= 0.3 is 0 Å². The van der Waals surface area contributed by atoms with Gasteiger partial charge in [0.15, 0.2) is 29.6 Å². The number of hydrogen-bond acceptors (Lipinski definition) is 8. The first kappa shape index (κ1) is 25.8. The van der Waals surface area contributed by atoms with Crippen LogP contribution in [0.2, 0.25) is 0 Å². The van der Waals surface area contributed by atoms with E-state index < -0.39 is 0 Å². The van der Waals surface area contributed by atoms with Gasteiger partial charge in [0.2, 0.25) is 5.95 Å². The maximum Gasteiger partial charge on any atom is 0.278 e. The van der Waals surface area contributed by atoms with Crippen LogP contribution in [0.25, 0.3) is 16.9 Å². The molecule has 0 unspecified atom stereocenters. The largest absolute Gasteiger partial charge is 0.480 e. The third-order valence-corrected chi connectivity index (χ3v) is 7.44. The van der Waals surface area contributed by atoms with Crippen molar-refractivity contribution in [1.29, 1.82) is 0 Å². The molecule has 5 heterocycles. The number of amides is 1. The van der Waals surface area contributed by atoms with Gasteiger partial charge in [-0.15, -0.1) is 6.58 Å². The number of pyridine rings is 1. The van der Waals surface area contributed by atoms with Crippen LogP contribution in [-0.2, 0) is 23.3 Å². The Morgan fingerprint density at radius 1 is 1.18 bits per heavy atom. The lowest BCUT2D eigenvalue weighted by Crippen LogP contribution is -2.39. The first-order chi connectivity index (χ1) is 19.2. The SMILES string of the molecule is C=CCn1c(=O)c2cnc(Nc3ccc4c(c3)CN(C)CC4(C)C)nc2n1-c1ccc2c(n1)N(CC)C(=O)CO2. The number of ether oxygens (including phenoxy) is 1. The number of aromatic nitrogens is 5. The summed E-state index contributed by atoms with van der Waals surface area (Å²) in [6.07, 6.45) is 3.17. The number of rotatable bonds is 6. The summed E-state index contributed by atoms with van der Waals surface area (Å²) in [7, 11) is 2.13. The number of allylic oxidation sites excluding steroid dienone is 1. The number of carbonyl (C=O) groups excluding carboxylic acids is 1. The monoisotopic (exact) mass is 540 g/mol. The second-order valence-electron chi connectivity index (χ2n) is 10.9. The normalized spacial score (nSPS) is 16.4. The molecule has 2 aliphatic rings. The lowest BCUT2D eigenvalue weighted by Gasteiger charge is -2.38. The van der Waals surface area contributed by atoms with E-state index in [9.17, 15) is 9.59 Å². The van der Waals surface area contributed by atoms with Crippen LogP contribution in [0.5, 0.6) is 5.75 Å². The van der Waals surface area contributed by atoms with Crippen molar-refractivity contribution in [2.24, 2.45) is 0 Å². The van der Waals surface area contributed by atoms with Crippen molar-refractivity contribution >= 4 is 34.4 Å². The first-order valence-electron chi connectivity index (χ1n) is 13.3. The fraction of sp³-hybridized carbons (Fsp3) is 0.345. The molecule has 1 aromatic carbocycles. The molecule has 206 valence electrons. The molecule has 0 spiro atoms. The molecule has 0 bridgehead atoms. The highest BCUT2D eigenvalue weighted by molar-refractivity contribution is 5.96. The van der Waals surface area contributed by atoms with Gasteiger partial charge in [-0.25, -0.2) is 19.3 Å². The van der Waals surface area contributed by atoms with Crippen molar-refractivity contribution < 1.29 is 9.53 Å². The van der Waals surface area contributed by atoms with E-state index in [-0.39, 0.29) is 30.0 Å². The minimum absolute atomic E-state index is 0.0335. The second-order valence-corrected chi connectivity index (χ2v) is 10.9. The van der Waals surface area contributed by atoms with Crippen LogP contribution in [0, 0.1) is 0 Å². The molecule has 1 amide bonds. The molecule has 0 radical (unpaired) electrons. The van der Waals surface area contributed by atoms with Crippen molar-refractivity contribution in [2.75, 3.05) is 37.0 Å². The zero-order chi connectivity index (χ0) is 28.2. The molecule has 4 aromatic rings. The molecule has 0 fully saturated rings. The van der Waals surface area contributed by atoms with E-state index in [4.69, 9.17) is 14.7 Å². The Morgan fingerprint density at radius 2 is 2.00 bits per heavy atom. The average molecular weight is 541 g/mol. The number of benzene rings is 1. The lowest BCUT2D eigenvalue weighted by atomic mass is 9.78. The summed E-state index contributed by atoms with van der Waals surface area (Å²) in [6, 6.07) is 9.85. The quantitative estimate of drug-likeness (QED) is 0.371. The molecule has 0 saturated carbocycles. The number of nitrogens with zero attached hydrogens (tertiary/aromatic N) is 7. The highest BCUT2D eigenvalue weighted by atomic mass is 16.5. The number of nitrogens with one attached hydrogen (secondary N) is 1. The lowest BCUT2D eigenvalue weighted by molar-refractivity contribution is -0.121. The zero-order valence-electron chi connectivity index (χ0n) is 23.1. The molecule has 40 heavy (non-hydrogen) atoms. The Balaban J connectivity index is 1.44. The topological polar surface area (TPSA) is 110 Å². The highest BCUT2D eigenvalue weighted by Crippen LogP contribution is 2.35. The molecule has 3 aromatic heterocycles. The van der Waals surface area contributed by atoms with Gasteiger partial charge in [-0.3, -0.25) is 14.5 Å². The van der Waals surface area contributed by atoms with Crippen molar-refractivity contribution in [2.45, 2.75) is 39.3 Å². The first-order valence-corrected chi connectivity index (χ1v) is 13.3. The fourth-order valence-corrected chi connectivity index (χ4v) is 5.82. The molecule has 2 aliphatic heterocycles. The van der Waals surface area contributed by atoms with Crippen LogP contribution in [0.3, 0.4) is 0 Å². The maximum atomic E-state index is 13.4. The second kappa shape index (κ2) is 9.60. The van der Waals surface area contributed by atoms with E-state index in [1.165, 1.54) is 22.0 Å². The summed E-state index contributed by atoms with van der Waals surface area (Å²) >= 11 is 0. The Hall–Kier alpha value is -4.51. The number of likely N-dealkylation sites (N-methyl/N-ethyl adjacent to an activating group) is 2. The molecule has 6 rings (SSSR count). The Morgan fingerprint density at radius 3 is 2.77 bits per heavy atom. The summed E-state index contributed by atoms with van der Waals surface area (Å²) in [5.74, 6) is 1.52. The number of anilines is 3. The Bertz CT molecular complexity index is 1720. The molecular weight excluding hydrogens is 508 g/mol. The van der Waals surface area contributed by atoms with Gasteiger partial charge in [-0.2, -0.15) is 4.98 Å². The fourth-order valence-electron chi connectivity index (χ4n) is 5.82. The van der Waals surface area contributed by atoms with E-state index in [0.717, 1.165) is 18.8 Å². The summed E-state index contributed by atoms with van der Waals surface area (Å²) in [4.78, 5) is 43.6. The van der Waals surface area contributed by atoms with E-state index >= 15 is 0 Å². The van der Waals surface area contributed by atoms with E-state index in [0.29, 0.717) is 40.9 Å². The Kier molecular flexibility index (Phi) is 6.18. The van der Waals surface area contributed by atoms with Crippen LogP contribution in [0.15, 0.2) is 54.0 Å².